The Morgan fingerprint density at radius 2 is 1.73 bits per heavy atom. The van der Waals surface area contributed by atoms with E-state index >= 15 is 0 Å². The van der Waals surface area contributed by atoms with E-state index in [2.05, 4.69) is 10.6 Å². The molecule has 1 aliphatic rings. The molecule has 2 N–H and O–H groups in total. The molecule has 160 valence electrons. The topological polar surface area (TPSA) is 68.8 Å². The van der Waals surface area contributed by atoms with E-state index in [1.165, 1.54) is 18.2 Å². The van der Waals surface area contributed by atoms with Gasteiger partial charge in [-0.2, -0.15) is 0 Å². The Morgan fingerprint density at radius 1 is 1.07 bits per heavy atom. The fourth-order valence-corrected chi connectivity index (χ4v) is 2.91. The summed E-state index contributed by atoms with van der Waals surface area (Å²) in [6, 6.07) is 13.0. The molecule has 8 heteroatoms. The van der Waals surface area contributed by atoms with Gasteiger partial charge in [0.1, 0.15) is 11.6 Å². The van der Waals surface area contributed by atoms with E-state index < -0.39 is 12.9 Å². The molecule has 1 aliphatic heterocycles. The molecule has 0 bridgehead atoms. The summed E-state index contributed by atoms with van der Waals surface area (Å²) < 4.78 is 30.9. The molecule has 0 saturated carbocycles. The molecule has 2 aromatic rings. The van der Waals surface area contributed by atoms with Crippen LogP contribution in [0.4, 0.5) is 14.9 Å². The van der Waals surface area contributed by atoms with Gasteiger partial charge in [-0.1, -0.05) is 18.2 Å². The van der Waals surface area contributed by atoms with Gasteiger partial charge in [0.25, 0.3) is 0 Å². The van der Waals surface area contributed by atoms with Crippen LogP contribution >= 0.6 is 0 Å². The van der Waals surface area contributed by atoms with Gasteiger partial charge in [-0.05, 0) is 69.9 Å². The van der Waals surface area contributed by atoms with Crippen molar-refractivity contribution in [2.24, 2.45) is 0 Å². The first-order chi connectivity index (χ1) is 14.2. The second-order valence-corrected chi connectivity index (χ2v) is 8.25. The first-order valence-corrected chi connectivity index (χ1v) is 10.1. The van der Waals surface area contributed by atoms with Crippen molar-refractivity contribution < 1.29 is 23.2 Å². The minimum absolute atomic E-state index is 0.374. The van der Waals surface area contributed by atoms with E-state index in [1.54, 1.807) is 6.07 Å². The molecule has 2 amide bonds. The minimum Gasteiger partial charge on any atom is -0.494 e. The van der Waals surface area contributed by atoms with Gasteiger partial charge >= 0.3 is 13.1 Å². The Labute approximate surface area is 177 Å². The monoisotopic (exact) mass is 414 g/mol. The molecule has 1 saturated heterocycles. The fourth-order valence-electron chi connectivity index (χ4n) is 2.91. The Bertz CT molecular complexity index is 858. The predicted molar refractivity (Wildman–Crippen MR) is 116 cm³/mol. The largest absolute Gasteiger partial charge is 0.494 e. The molecular formula is C22H28BFN2O4. The zero-order valence-corrected chi connectivity index (χ0v) is 17.8. The summed E-state index contributed by atoms with van der Waals surface area (Å²) in [5.41, 5.74) is 0.601. The van der Waals surface area contributed by atoms with Crippen molar-refractivity contribution in [3.63, 3.8) is 0 Å². The van der Waals surface area contributed by atoms with Crippen molar-refractivity contribution in [2.75, 3.05) is 18.5 Å². The van der Waals surface area contributed by atoms with E-state index in [9.17, 15) is 9.18 Å². The molecule has 1 heterocycles. The van der Waals surface area contributed by atoms with E-state index in [0.29, 0.717) is 25.3 Å². The zero-order chi connectivity index (χ0) is 21.8. The van der Waals surface area contributed by atoms with E-state index in [0.717, 1.165) is 11.2 Å². The first kappa shape index (κ1) is 22.1. The number of halogens is 1. The predicted octanol–water partition coefficient (Wildman–Crippen LogP) is 3.72. The summed E-state index contributed by atoms with van der Waals surface area (Å²) in [7, 11) is -0.398. The standard InChI is InChI=1S/C22H28BFN2O4/c1-21(2)22(3,4)30-23(29-21)16-9-11-19(12-10-16)28-14-6-13-25-20(27)26-18-8-5-7-17(24)15-18/h5,7-12,15H,6,13-14H2,1-4H3,(H2,25,26,27). The number of hydrogen-bond acceptors (Lipinski definition) is 4. The fraction of sp³-hybridized carbons (Fsp3) is 0.409. The van der Waals surface area contributed by atoms with Crippen LogP contribution in [0.2, 0.25) is 0 Å². The van der Waals surface area contributed by atoms with Gasteiger partial charge in [0.2, 0.25) is 0 Å². The molecule has 2 aromatic carbocycles. The molecule has 1 fully saturated rings. The number of nitrogens with one attached hydrogen (secondary N) is 2. The van der Waals surface area contributed by atoms with Gasteiger partial charge in [-0.15, -0.1) is 0 Å². The molecule has 0 unspecified atom stereocenters. The molecule has 0 aliphatic carbocycles. The Balaban J connectivity index is 1.37. The second kappa shape index (κ2) is 9.06. The van der Waals surface area contributed by atoms with Crippen LogP contribution < -0.4 is 20.8 Å². The van der Waals surface area contributed by atoms with Crippen molar-refractivity contribution >= 4 is 24.3 Å². The molecular weight excluding hydrogens is 386 g/mol. The number of urea groups is 1. The number of rotatable bonds is 7. The average molecular weight is 414 g/mol. The number of hydrogen-bond donors (Lipinski definition) is 2. The van der Waals surface area contributed by atoms with Crippen LogP contribution in [-0.4, -0.2) is 37.5 Å². The zero-order valence-electron chi connectivity index (χ0n) is 17.8. The average Bonchev–Trinajstić information content (AvgIpc) is 2.89. The van der Waals surface area contributed by atoms with E-state index in [1.807, 2.05) is 52.0 Å². The van der Waals surface area contributed by atoms with Crippen molar-refractivity contribution in [2.45, 2.75) is 45.3 Å². The molecule has 6 nitrogen and oxygen atoms in total. The molecule has 0 atom stereocenters. The van der Waals surface area contributed by atoms with Crippen molar-refractivity contribution in [3.05, 3.63) is 54.3 Å². The maximum absolute atomic E-state index is 13.1. The highest BCUT2D eigenvalue weighted by molar-refractivity contribution is 6.62. The molecule has 30 heavy (non-hydrogen) atoms. The van der Waals surface area contributed by atoms with Crippen LogP contribution in [0, 0.1) is 5.82 Å². The lowest BCUT2D eigenvalue weighted by atomic mass is 9.79. The maximum atomic E-state index is 13.1. The lowest BCUT2D eigenvalue weighted by Gasteiger charge is -2.32. The molecule has 0 spiro atoms. The van der Waals surface area contributed by atoms with Crippen molar-refractivity contribution in [3.8, 4) is 5.75 Å². The number of carbonyl (C=O) groups is 1. The lowest BCUT2D eigenvalue weighted by molar-refractivity contribution is 0.00578. The highest BCUT2D eigenvalue weighted by Crippen LogP contribution is 2.36. The summed E-state index contributed by atoms with van der Waals surface area (Å²) >= 11 is 0. The van der Waals surface area contributed by atoms with Gasteiger partial charge in [-0.25, -0.2) is 9.18 Å². The normalized spacial score (nSPS) is 16.9. The van der Waals surface area contributed by atoms with Gasteiger partial charge in [-0.3, -0.25) is 0 Å². The number of amides is 2. The number of carbonyl (C=O) groups excluding carboxylic acids is 1. The number of anilines is 1. The van der Waals surface area contributed by atoms with E-state index in [4.69, 9.17) is 14.0 Å². The molecule has 0 radical (unpaired) electrons. The first-order valence-electron chi connectivity index (χ1n) is 10.1. The highest BCUT2D eigenvalue weighted by atomic mass is 19.1. The van der Waals surface area contributed by atoms with Crippen LogP contribution in [0.5, 0.6) is 5.75 Å². The third kappa shape index (κ3) is 5.52. The number of benzene rings is 2. The Morgan fingerprint density at radius 3 is 2.37 bits per heavy atom. The van der Waals surface area contributed by atoms with Crippen LogP contribution in [0.1, 0.15) is 34.1 Å². The third-order valence-electron chi connectivity index (χ3n) is 5.36. The van der Waals surface area contributed by atoms with Gasteiger partial charge in [0.15, 0.2) is 0 Å². The summed E-state index contributed by atoms with van der Waals surface area (Å²) in [4.78, 5) is 11.8. The van der Waals surface area contributed by atoms with Gasteiger partial charge < -0.3 is 24.7 Å². The summed E-state index contributed by atoms with van der Waals surface area (Å²) in [6.45, 7) is 8.99. The summed E-state index contributed by atoms with van der Waals surface area (Å²) in [5.74, 6) is 0.338. The molecule has 3 rings (SSSR count). The third-order valence-corrected chi connectivity index (χ3v) is 5.36. The van der Waals surface area contributed by atoms with Crippen LogP contribution in [0.3, 0.4) is 0 Å². The maximum Gasteiger partial charge on any atom is 0.494 e. The Hall–Kier alpha value is -2.58. The molecule has 0 aromatic heterocycles. The van der Waals surface area contributed by atoms with Gasteiger partial charge in [0.05, 0.1) is 17.8 Å². The summed E-state index contributed by atoms with van der Waals surface area (Å²) in [5, 5.41) is 5.29. The van der Waals surface area contributed by atoms with Crippen LogP contribution in [0.15, 0.2) is 48.5 Å². The number of ether oxygens (including phenoxy) is 1. The van der Waals surface area contributed by atoms with E-state index in [-0.39, 0.29) is 17.2 Å². The minimum atomic E-state index is -0.398. The quantitative estimate of drug-likeness (QED) is 0.536. The van der Waals surface area contributed by atoms with Gasteiger partial charge in [0, 0.05) is 12.2 Å². The highest BCUT2D eigenvalue weighted by Gasteiger charge is 2.51. The van der Waals surface area contributed by atoms with Crippen molar-refractivity contribution in [1.29, 1.82) is 0 Å². The smallest absolute Gasteiger partial charge is 0.494 e. The lowest BCUT2D eigenvalue weighted by Crippen LogP contribution is -2.41. The van der Waals surface area contributed by atoms with Crippen LogP contribution in [0.25, 0.3) is 0 Å². The second-order valence-electron chi connectivity index (χ2n) is 8.25. The summed E-state index contributed by atoms with van der Waals surface area (Å²) in [6.07, 6.45) is 0.634. The van der Waals surface area contributed by atoms with Crippen molar-refractivity contribution in [1.82, 2.24) is 5.32 Å². The Kier molecular flexibility index (Phi) is 6.68. The van der Waals surface area contributed by atoms with Crippen LogP contribution in [-0.2, 0) is 9.31 Å². The SMILES string of the molecule is CC1(C)OB(c2ccc(OCCCNC(=O)Nc3cccc(F)c3)cc2)OC1(C)C.